The van der Waals surface area contributed by atoms with Crippen molar-refractivity contribution < 1.29 is 45.4 Å². The topological polar surface area (TPSA) is 109 Å². The average molecular weight is 412 g/mol. The third-order valence-electron chi connectivity index (χ3n) is 1.92. The molecule has 0 amide bonds. The Morgan fingerprint density at radius 2 is 1.05 bits per heavy atom. The molecule has 21 heavy (non-hydrogen) atoms. The van der Waals surface area contributed by atoms with E-state index in [-0.39, 0.29) is 46.7 Å². The zero-order chi connectivity index (χ0) is 15.2. The van der Waals surface area contributed by atoms with E-state index in [0.717, 1.165) is 0 Å². The fourth-order valence-electron chi connectivity index (χ4n) is 1.07. The third kappa shape index (κ3) is 7.95. The summed E-state index contributed by atoms with van der Waals surface area (Å²) in [5, 5.41) is 0. The van der Waals surface area contributed by atoms with Gasteiger partial charge in [0.2, 0.25) is 0 Å². The molecule has 0 bridgehead atoms. The molecule has 0 fully saturated rings. The molecule has 0 aliphatic carbocycles. The molecule has 0 atom stereocenters. The van der Waals surface area contributed by atoms with Crippen LogP contribution in [-0.4, -0.2) is 44.2 Å². The van der Waals surface area contributed by atoms with Gasteiger partial charge in [-0.05, 0) is 0 Å². The summed E-state index contributed by atoms with van der Waals surface area (Å²) in [4.78, 5) is 0. The molecule has 2 rings (SSSR count). The van der Waals surface area contributed by atoms with Crippen molar-refractivity contribution in [3.8, 4) is 0 Å². The van der Waals surface area contributed by atoms with Gasteiger partial charge in [0.25, 0.3) is 20.2 Å². The van der Waals surface area contributed by atoms with Gasteiger partial charge in [0.05, 0.1) is 0 Å². The molecule has 0 aliphatic heterocycles. The minimum Gasteiger partial charge on any atom is -0.388 e. The van der Waals surface area contributed by atoms with Crippen LogP contribution >= 0.6 is 0 Å². The summed E-state index contributed by atoms with van der Waals surface area (Å²) in [6.45, 7) is 0. The maximum Gasteiger partial charge on any atom is 2.00 e. The van der Waals surface area contributed by atoms with Crippen LogP contribution in [0.15, 0.2) is 56.8 Å². The Morgan fingerprint density at radius 1 is 0.714 bits per heavy atom. The first-order valence-electron chi connectivity index (χ1n) is 5.09. The Labute approximate surface area is 140 Å². The second-order valence-electron chi connectivity index (χ2n) is 3.40. The van der Waals surface area contributed by atoms with E-state index in [1.807, 2.05) is 0 Å². The first-order chi connectivity index (χ1) is 9.21. The van der Waals surface area contributed by atoms with E-state index in [1.165, 1.54) is 12.1 Å². The average Bonchev–Trinajstić information content (AvgIpc) is 2.40. The predicted octanol–water partition coefficient (Wildman–Crippen LogP) is 0.540. The van der Waals surface area contributed by atoms with Gasteiger partial charge >= 0.3 is 19.5 Å². The molecule has 0 saturated carbocycles. The Kier molecular flexibility index (Phi) is 8.71. The zero-order valence-corrected chi connectivity index (χ0v) is 17.3. The van der Waals surface area contributed by atoms with Crippen LogP contribution in [-0.2, 0) is 39.7 Å². The molecule has 11 heteroatoms. The summed E-state index contributed by atoms with van der Waals surface area (Å²) >= 11 is 0. The molecular formula is C10H10O6S2Si2Zn. The normalized spacial score (nSPS) is 10.8. The van der Waals surface area contributed by atoms with E-state index in [1.54, 1.807) is 35.6 Å². The second kappa shape index (κ2) is 8.88. The predicted molar refractivity (Wildman–Crippen MR) is 75.2 cm³/mol. The second-order valence-corrected chi connectivity index (χ2v) is 9.23. The van der Waals surface area contributed by atoms with Crippen LogP contribution in [0.5, 0.6) is 0 Å². The summed E-state index contributed by atoms with van der Waals surface area (Å²) < 4.78 is 58.9. The molecule has 0 spiro atoms. The van der Waals surface area contributed by atoms with Crippen LogP contribution in [0.2, 0.25) is 0 Å². The molecule has 0 aromatic carbocycles. The number of rotatable bonds is 2. The van der Waals surface area contributed by atoms with Gasteiger partial charge in [0.1, 0.15) is 0 Å². The SMILES string of the molecule is O=S(=O)(O)c1cccc[si-]1.O=S(=O)(O)c1cccc[si-]1.[Zn+2]. The summed E-state index contributed by atoms with van der Waals surface area (Å²) in [6.07, 6.45) is 0. The largest absolute Gasteiger partial charge is 2.00 e. The van der Waals surface area contributed by atoms with Crippen molar-refractivity contribution in [3.05, 3.63) is 47.8 Å². The Hall–Kier alpha value is -0.423. The fourth-order valence-corrected chi connectivity index (χ4v) is 4.30. The van der Waals surface area contributed by atoms with Gasteiger partial charge in [-0.2, -0.15) is 16.8 Å². The van der Waals surface area contributed by atoms with Crippen molar-refractivity contribution in [1.82, 2.24) is 0 Å². The van der Waals surface area contributed by atoms with Crippen molar-refractivity contribution in [2.75, 3.05) is 0 Å². The van der Waals surface area contributed by atoms with E-state index in [0.29, 0.717) is 0 Å². The maximum absolute atomic E-state index is 10.4. The van der Waals surface area contributed by atoms with Crippen molar-refractivity contribution in [3.63, 3.8) is 0 Å². The number of hydrogen-bond acceptors (Lipinski definition) is 4. The molecule has 2 aromatic heterocycles. The molecule has 0 aliphatic rings. The molecule has 2 N–H and O–H groups in total. The quantitative estimate of drug-likeness (QED) is 0.551. The molecule has 6 nitrogen and oxygen atoms in total. The van der Waals surface area contributed by atoms with E-state index in [2.05, 4.69) is 0 Å². The summed E-state index contributed by atoms with van der Waals surface area (Å²) in [6, 6.07) is 9.45. The third-order valence-corrected chi connectivity index (χ3v) is 7.18. The van der Waals surface area contributed by atoms with Crippen molar-refractivity contribution in [1.29, 1.82) is 0 Å². The van der Waals surface area contributed by atoms with Crippen LogP contribution in [0.3, 0.4) is 0 Å². The monoisotopic (exact) mass is 410 g/mol. The van der Waals surface area contributed by atoms with Gasteiger partial charge in [0.15, 0.2) is 0 Å². The van der Waals surface area contributed by atoms with Crippen LogP contribution in [0.4, 0.5) is 0 Å². The van der Waals surface area contributed by atoms with Gasteiger partial charge in [-0.1, -0.05) is 24.3 Å². The van der Waals surface area contributed by atoms with Crippen molar-refractivity contribution in [2.24, 2.45) is 0 Å². The molecule has 0 unspecified atom stereocenters. The standard InChI is InChI=1S/2C5H5O3SSi.Zn/c2*6-9(7,8)5-3-1-2-4-10-5;/h2*1-4H,(H,6,7,8);/q2*-1;+2. The Balaban J connectivity index is 0.000000364. The fraction of sp³-hybridized carbons (Fsp3) is 0. The minimum absolute atomic E-state index is 0. The van der Waals surface area contributed by atoms with Gasteiger partial charge in [-0.25, -0.2) is 0 Å². The van der Waals surface area contributed by atoms with Crippen molar-refractivity contribution in [2.45, 2.75) is 9.01 Å². The van der Waals surface area contributed by atoms with Gasteiger partial charge in [0, 0.05) is 0 Å². The summed E-state index contributed by atoms with van der Waals surface area (Å²) in [5.41, 5.74) is 3.40. The molecule has 0 saturated heterocycles. The first kappa shape index (κ1) is 20.6. The zero-order valence-electron chi connectivity index (χ0n) is 10.7. The van der Waals surface area contributed by atoms with Gasteiger partial charge < -0.3 is 18.2 Å². The Morgan fingerprint density at radius 3 is 1.19 bits per heavy atom. The summed E-state index contributed by atoms with van der Waals surface area (Å²) in [5.74, 6) is 0. The molecule has 0 radical (unpaired) electrons. The van der Waals surface area contributed by atoms with Gasteiger partial charge in [-0.15, -0.1) is 21.1 Å². The first-order valence-corrected chi connectivity index (χ1v) is 10.1. The van der Waals surface area contributed by atoms with E-state index in [9.17, 15) is 16.8 Å². The van der Waals surface area contributed by atoms with E-state index in [4.69, 9.17) is 9.11 Å². The molecule has 2 aromatic rings. The Bertz CT molecular complexity index is 683. The smallest absolute Gasteiger partial charge is 0.388 e. The van der Waals surface area contributed by atoms with Crippen LogP contribution in [0, 0.1) is 0 Å². The van der Waals surface area contributed by atoms with Crippen LogP contribution < -0.4 is 0 Å². The molecule has 108 valence electrons. The van der Waals surface area contributed by atoms with Crippen LogP contribution in [0.25, 0.3) is 0 Å². The van der Waals surface area contributed by atoms with Gasteiger partial charge in [-0.3, -0.25) is 20.5 Å². The molecular weight excluding hydrogens is 402 g/mol. The van der Waals surface area contributed by atoms with Crippen molar-refractivity contribution >= 4 is 38.5 Å². The maximum atomic E-state index is 10.4. The van der Waals surface area contributed by atoms with Crippen LogP contribution in [0.1, 0.15) is 0 Å². The number of hydrogen-bond donors (Lipinski definition) is 2. The minimum atomic E-state index is -3.93. The molecule has 2 heterocycles. The summed E-state index contributed by atoms with van der Waals surface area (Å²) in [7, 11) is -7.76. The van der Waals surface area contributed by atoms with E-state index >= 15 is 0 Å². The van der Waals surface area contributed by atoms with E-state index < -0.39 is 20.2 Å².